The summed E-state index contributed by atoms with van der Waals surface area (Å²) in [7, 11) is 0. The zero-order chi connectivity index (χ0) is 16.2. The second-order valence-electron chi connectivity index (χ2n) is 5.89. The minimum Gasteiger partial charge on any atom is -0.480 e. The molecule has 1 aromatic carbocycles. The van der Waals surface area contributed by atoms with Crippen LogP contribution in [-0.2, 0) is 4.79 Å². The minimum absolute atomic E-state index is 0.189. The average molecular weight is 292 g/mol. The number of carbonyl (C=O) groups is 2. The number of hydrogen-bond donors (Lipinski definition) is 3. The van der Waals surface area contributed by atoms with Gasteiger partial charge in [-0.3, -0.25) is 0 Å². The third kappa shape index (κ3) is 5.10. The number of rotatable bonds is 5. The summed E-state index contributed by atoms with van der Waals surface area (Å²) in [5.74, 6) is -0.828. The monoisotopic (exact) mass is 292 g/mol. The molecule has 0 bridgehead atoms. The van der Waals surface area contributed by atoms with Crippen LogP contribution in [0.25, 0.3) is 0 Å². The summed E-state index contributed by atoms with van der Waals surface area (Å²) in [6.45, 7) is 9.66. The number of urea groups is 1. The smallest absolute Gasteiger partial charge is 0.326 e. The molecular weight excluding hydrogens is 268 g/mol. The van der Waals surface area contributed by atoms with Crippen molar-refractivity contribution in [2.24, 2.45) is 5.92 Å². The molecule has 0 saturated heterocycles. The van der Waals surface area contributed by atoms with E-state index in [1.54, 1.807) is 0 Å². The summed E-state index contributed by atoms with van der Waals surface area (Å²) in [5, 5.41) is 14.4. The van der Waals surface area contributed by atoms with Crippen molar-refractivity contribution in [2.75, 3.05) is 5.32 Å². The molecule has 21 heavy (non-hydrogen) atoms. The number of anilines is 1. The van der Waals surface area contributed by atoms with Crippen molar-refractivity contribution < 1.29 is 14.7 Å². The lowest BCUT2D eigenvalue weighted by atomic mass is 10.0. The fourth-order valence-corrected chi connectivity index (χ4v) is 2.38. The van der Waals surface area contributed by atoms with Crippen molar-refractivity contribution in [3.63, 3.8) is 0 Å². The first-order valence-electron chi connectivity index (χ1n) is 7.09. The van der Waals surface area contributed by atoms with Crippen LogP contribution in [0.2, 0.25) is 0 Å². The number of amides is 2. The summed E-state index contributed by atoms with van der Waals surface area (Å²) in [5.41, 5.74) is 3.77. The van der Waals surface area contributed by atoms with Gasteiger partial charge in [0.05, 0.1) is 0 Å². The Kier molecular flexibility index (Phi) is 5.76. The Morgan fingerprint density at radius 1 is 1.14 bits per heavy atom. The summed E-state index contributed by atoms with van der Waals surface area (Å²) < 4.78 is 0. The molecule has 3 N–H and O–H groups in total. The Morgan fingerprint density at radius 2 is 1.67 bits per heavy atom. The van der Waals surface area contributed by atoms with Gasteiger partial charge >= 0.3 is 12.0 Å². The number of hydrogen-bond acceptors (Lipinski definition) is 2. The van der Waals surface area contributed by atoms with Crippen molar-refractivity contribution in [1.82, 2.24) is 5.32 Å². The fraction of sp³-hybridized carbons (Fsp3) is 0.500. The second-order valence-corrected chi connectivity index (χ2v) is 5.89. The molecule has 0 heterocycles. The number of nitrogens with one attached hydrogen (secondary N) is 2. The van der Waals surface area contributed by atoms with E-state index in [1.807, 2.05) is 46.8 Å². The van der Waals surface area contributed by atoms with Crippen LogP contribution >= 0.6 is 0 Å². The molecule has 0 aliphatic carbocycles. The van der Waals surface area contributed by atoms with Gasteiger partial charge in [-0.25, -0.2) is 9.59 Å². The number of carbonyl (C=O) groups excluding carboxylic acids is 1. The van der Waals surface area contributed by atoms with Gasteiger partial charge in [-0.1, -0.05) is 31.5 Å². The van der Waals surface area contributed by atoms with Crippen LogP contribution in [0, 0.1) is 26.7 Å². The molecule has 5 heteroatoms. The molecule has 0 aromatic heterocycles. The van der Waals surface area contributed by atoms with E-state index in [2.05, 4.69) is 10.6 Å². The zero-order valence-corrected chi connectivity index (χ0v) is 13.3. The largest absolute Gasteiger partial charge is 0.480 e. The van der Waals surface area contributed by atoms with E-state index < -0.39 is 18.0 Å². The average Bonchev–Trinajstić information content (AvgIpc) is 2.32. The van der Waals surface area contributed by atoms with Gasteiger partial charge in [-0.05, 0) is 44.2 Å². The summed E-state index contributed by atoms with van der Waals surface area (Å²) in [4.78, 5) is 23.2. The predicted molar refractivity (Wildman–Crippen MR) is 83.7 cm³/mol. The van der Waals surface area contributed by atoms with Crippen LogP contribution < -0.4 is 10.6 Å². The summed E-state index contributed by atoms with van der Waals surface area (Å²) >= 11 is 0. The number of carboxylic acids is 1. The molecule has 116 valence electrons. The van der Waals surface area contributed by atoms with Crippen LogP contribution in [-0.4, -0.2) is 23.1 Å². The van der Waals surface area contributed by atoms with Gasteiger partial charge in [-0.15, -0.1) is 0 Å². The van der Waals surface area contributed by atoms with Crippen molar-refractivity contribution in [3.05, 3.63) is 28.8 Å². The van der Waals surface area contributed by atoms with E-state index in [1.165, 1.54) is 0 Å². The molecule has 5 nitrogen and oxygen atoms in total. The molecule has 1 rings (SSSR count). The molecule has 0 aliphatic rings. The van der Waals surface area contributed by atoms with E-state index in [0.717, 1.165) is 22.4 Å². The number of aryl methyl sites for hydroxylation is 3. The van der Waals surface area contributed by atoms with Crippen molar-refractivity contribution in [3.8, 4) is 0 Å². The summed E-state index contributed by atoms with van der Waals surface area (Å²) in [6.07, 6.45) is 0.397. The topological polar surface area (TPSA) is 78.4 Å². The number of benzene rings is 1. The van der Waals surface area contributed by atoms with Gasteiger partial charge in [-0.2, -0.15) is 0 Å². The standard InChI is InChI=1S/C16H24N2O3/c1-9(2)6-13(15(19)20)17-16(21)18-14-11(4)7-10(3)8-12(14)5/h7-9,13H,6H2,1-5H3,(H,19,20)(H2,17,18,21)/t13-/m1/s1. The fourth-order valence-electron chi connectivity index (χ4n) is 2.38. The molecule has 0 unspecified atom stereocenters. The van der Waals surface area contributed by atoms with Gasteiger partial charge in [0.25, 0.3) is 0 Å². The third-order valence-corrected chi connectivity index (χ3v) is 3.23. The van der Waals surface area contributed by atoms with Crippen molar-refractivity contribution in [1.29, 1.82) is 0 Å². The Morgan fingerprint density at radius 3 is 2.10 bits per heavy atom. The molecule has 2 amide bonds. The lowest BCUT2D eigenvalue weighted by molar-refractivity contribution is -0.139. The third-order valence-electron chi connectivity index (χ3n) is 3.23. The molecule has 0 radical (unpaired) electrons. The van der Waals surface area contributed by atoms with Crippen LogP contribution in [0.3, 0.4) is 0 Å². The molecule has 0 spiro atoms. The first-order chi connectivity index (χ1) is 9.70. The first kappa shape index (κ1) is 17.0. The van der Waals surface area contributed by atoms with E-state index in [9.17, 15) is 9.59 Å². The number of carboxylic acid groups (broad SMARTS) is 1. The molecule has 0 saturated carbocycles. The van der Waals surface area contributed by atoms with E-state index in [4.69, 9.17) is 5.11 Å². The Hall–Kier alpha value is -2.04. The normalized spacial score (nSPS) is 12.1. The predicted octanol–water partition coefficient (Wildman–Crippen LogP) is 3.23. The van der Waals surface area contributed by atoms with E-state index in [0.29, 0.717) is 6.42 Å². The maximum atomic E-state index is 12.0. The SMILES string of the molecule is Cc1cc(C)c(NC(=O)N[C@H](CC(C)C)C(=O)O)c(C)c1. The maximum absolute atomic E-state index is 12.0. The van der Waals surface area contributed by atoms with Crippen molar-refractivity contribution >= 4 is 17.7 Å². The first-order valence-corrected chi connectivity index (χ1v) is 7.09. The molecule has 1 atom stereocenters. The van der Waals surface area contributed by atoms with Gasteiger partial charge in [0.1, 0.15) is 6.04 Å². The highest BCUT2D eigenvalue weighted by Crippen LogP contribution is 2.21. The maximum Gasteiger partial charge on any atom is 0.326 e. The number of aliphatic carboxylic acids is 1. The molecule has 0 aliphatic heterocycles. The molecular formula is C16H24N2O3. The van der Waals surface area contributed by atoms with Crippen molar-refractivity contribution in [2.45, 2.75) is 47.1 Å². The van der Waals surface area contributed by atoms with Gasteiger partial charge in [0.2, 0.25) is 0 Å². The van der Waals surface area contributed by atoms with Crippen LogP contribution in [0.5, 0.6) is 0 Å². The van der Waals surface area contributed by atoms with E-state index in [-0.39, 0.29) is 5.92 Å². The highest BCUT2D eigenvalue weighted by atomic mass is 16.4. The second kappa shape index (κ2) is 7.11. The van der Waals surface area contributed by atoms with Gasteiger partial charge in [0, 0.05) is 5.69 Å². The zero-order valence-electron chi connectivity index (χ0n) is 13.3. The van der Waals surface area contributed by atoms with Crippen LogP contribution in [0.15, 0.2) is 12.1 Å². The molecule has 1 aromatic rings. The van der Waals surface area contributed by atoms with Crippen LogP contribution in [0.1, 0.15) is 37.0 Å². The Bertz CT molecular complexity index is 515. The quantitative estimate of drug-likeness (QED) is 0.779. The minimum atomic E-state index is -1.02. The van der Waals surface area contributed by atoms with Gasteiger partial charge in [0.15, 0.2) is 0 Å². The lowest BCUT2D eigenvalue weighted by Gasteiger charge is -2.18. The Labute approximate surface area is 125 Å². The summed E-state index contributed by atoms with van der Waals surface area (Å²) in [6, 6.07) is 2.59. The van der Waals surface area contributed by atoms with E-state index >= 15 is 0 Å². The highest BCUT2D eigenvalue weighted by molar-refractivity contribution is 5.93. The van der Waals surface area contributed by atoms with Crippen LogP contribution in [0.4, 0.5) is 10.5 Å². The Balaban J connectivity index is 2.79. The van der Waals surface area contributed by atoms with Gasteiger partial charge < -0.3 is 15.7 Å². The lowest BCUT2D eigenvalue weighted by Crippen LogP contribution is -2.43. The highest BCUT2D eigenvalue weighted by Gasteiger charge is 2.21. The molecule has 0 fully saturated rings.